The van der Waals surface area contributed by atoms with Crippen LogP contribution in [0.4, 0.5) is 4.79 Å². The Kier molecular flexibility index (Phi) is 6.36. The van der Waals surface area contributed by atoms with Crippen LogP contribution in [0.3, 0.4) is 0 Å². The van der Waals surface area contributed by atoms with Crippen LogP contribution in [-0.4, -0.2) is 54.6 Å². The Morgan fingerprint density at radius 3 is 2.48 bits per heavy atom. The first-order valence-electron chi connectivity index (χ1n) is 11.3. The molecule has 31 heavy (non-hydrogen) atoms. The number of allylic oxidation sites excluding steroid dienone is 1. The smallest absolute Gasteiger partial charge is 0.431 e. The molecule has 0 radical (unpaired) electrons. The quantitative estimate of drug-likeness (QED) is 0.283. The first kappa shape index (κ1) is 21.9. The fraction of sp³-hybridized carbons (Fsp3) is 0.696. The topological polar surface area (TPSA) is 91.4 Å². The van der Waals surface area contributed by atoms with E-state index in [-0.39, 0.29) is 35.8 Å². The van der Waals surface area contributed by atoms with E-state index in [1.807, 2.05) is 13.0 Å². The summed E-state index contributed by atoms with van der Waals surface area (Å²) in [5.41, 5.74) is 1.79. The second kappa shape index (κ2) is 9.02. The molecular formula is C23H31NO7. The maximum Gasteiger partial charge on any atom is 0.511 e. The van der Waals surface area contributed by atoms with Crippen molar-refractivity contribution in [1.29, 1.82) is 0 Å². The molecule has 4 rings (SSSR count). The average Bonchev–Trinajstić information content (AvgIpc) is 3.06. The Morgan fingerprint density at radius 1 is 1.06 bits per heavy atom. The number of rotatable bonds is 5. The number of hydrogen-bond donors (Lipinski definition) is 0. The highest BCUT2D eigenvalue weighted by molar-refractivity contribution is 6.09. The Balaban J connectivity index is 1.45. The Morgan fingerprint density at radius 2 is 1.81 bits per heavy atom. The molecule has 2 saturated carbocycles. The lowest BCUT2D eigenvalue weighted by molar-refractivity contribution is -0.168. The van der Waals surface area contributed by atoms with Crippen molar-refractivity contribution in [2.45, 2.75) is 89.8 Å². The molecule has 8 nitrogen and oxygen atoms in total. The van der Waals surface area contributed by atoms with Crippen LogP contribution in [0.25, 0.3) is 0 Å². The summed E-state index contributed by atoms with van der Waals surface area (Å²) in [4.78, 5) is 39.4. The highest BCUT2D eigenvalue weighted by atomic mass is 16.8. The summed E-state index contributed by atoms with van der Waals surface area (Å²) in [5.74, 6) is -0.799. The summed E-state index contributed by atoms with van der Waals surface area (Å²) >= 11 is 0. The molecule has 0 N–H and O–H groups in total. The highest BCUT2D eigenvalue weighted by Crippen LogP contribution is 2.51. The molecule has 0 spiro atoms. The number of amides is 1. The van der Waals surface area contributed by atoms with E-state index in [0.717, 1.165) is 62.5 Å². The van der Waals surface area contributed by atoms with Crippen molar-refractivity contribution < 1.29 is 33.3 Å². The van der Waals surface area contributed by atoms with Gasteiger partial charge in [0, 0.05) is 25.5 Å². The van der Waals surface area contributed by atoms with Gasteiger partial charge in [-0.2, -0.15) is 0 Å². The van der Waals surface area contributed by atoms with Gasteiger partial charge in [-0.25, -0.2) is 9.59 Å². The lowest BCUT2D eigenvalue weighted by atomic mass is 9.75. The Hall–Kier alpha value is -2.35. The van der Waals surface area contributed by atoms with Crippen LogP contribution in [0.5, 0.6) is 0 Å². The zero-order chi connectivity index (χ0) is 22.1. The summed E-state index contributed by atoms with van der Waals surface area (Å²) in [7, 11) is 1.62. The number of methoxy groups -OCH3 is 1. The zero-order valence-electron chi connectivity index (χ0n) is 18.4. The molecule has 4 aliphatic rings. The molecule has 8 heteroatoms. The molecule has 2 heterocycles. The standard InChI is InChI=1S/C23H31NO7/c1-4-15-19-16-11-8-12-17(28-3)18(16)20(24(19)21(15)25)22(26)29-13(2)30-23(27)31-14-9-6-5-7-10-14/h4,13-14,16-17,19H,5-12H2,1-3H3/b15-4+/t13?,16-,17-,19?/m0/s1. The van der Waals surface area contributed by atoms with Gasteiger partial charge in [0.25, 0.3) is 5.91 Å². The lowest BCUT2D eigenvalue weighted by Gasteiger charge is -2.42. The lowest BCUT2D eigenvalue weighted by Crippen LogP contribution is -2.55. The maximum atomic E-state index is 13.1. The van der Waals surface area contributed by atoms with Gasteiger partial charge < -0.3 is 18.9 Å². The van der Waals surface area contributed by atoms with E-state index >= 15 is 0 Å². The van der Waals surface area contributed by atoms with Crippen molar-refractivity contribution in [2.75, 3.05) is 7.11 Å². The molecule has 1 amide bonds. The largest absolute Gasteiger partial charge is 0.511 e. The minimum atomic E-state index is -1.13. The van der Waals surface area contributed by atoms with E-state index in [2.05, 4.69) is 0 Å². The average molecular weight is 434 g/mol. The number of carbonyl (C=O) groups excluding carboxylic acids is 3. The van der Waals surface area contributed by atoms with E-state index in [1.54, 1.807) is 7.11 Å². The van der Waals surface area contributed by atoms with Crippen LogP contribution in [0.2, 0.25) is 0 Å². The van der Waals surface area contributed by atoms with Crippen molar-refractivity contribution in [1.82, 2.24) is 4.90 Å². The van der Waals surface area contributed by atoms with E-state index in [9.17, 15) is 14.4 Å². The van der Waals surface area contributed by atoms with E-state index in [1.165, 1.54) is 11.8 Å². The summed E-state index contributed by atoms with van der Waals surface area (Å²) in [6.07, 6.45) is 6.98. The van der Waals surface area contributed by atoms with Crippen LogP contribution in [-0.2, 0) is 28.5 Å². The summed E-state index contributed by atoms with van der Waals surface area (Å²) in [6, 6.07) is -0.138. The van der Waals surface area contributed by atoms with Gasteiger partial charge in [-0.05, 0) is 57.4 Å². The first-order chi connectivity index (χ1) is 15.0. The highest BCUT2D eigenvalue weighted by Gasteiger charge is 2.58. The molecule has 2 unspecified atom stereocenters. The maximum absolute atomic E-state index is 13.1. The zero-order valence-corrected chi connectivity index (χ0v) is 18.4. The normalized spacial score (nSPS) is 30.4. The molecular weight excluding hydrogens is 402 g/mol. The number of esters is 1. The second-order valence-electron chi connectivity index (χ2n) is 8.65. The van der Waals surface area contributed by atoms with Gasteiger partial charge in [0.15, 0.2) is 0 Å². The molecule has 2 aliphatic heterocycles. The fourth-order valence-electron chi connectivity index (χ4n) is 5.44. The van der Waals surface area contributed by atoms with Gasteiger partial charge in [-0.15, -0.1) is 0 Å². The fourth-order valence-corrected chi connectivity index (χ4v) is 5.44. The van der Waals surface area contributed by atoms with Gasteiger partial charge in [-0.1, -0.05) is 12.5 Å². The monoisotopic (exact) mass is 433 g/mol. The third kappa shape index (κ3) is 3.97. The number of β-lactam (4-membered cyclic amide) rings is 1. The third-order valence-electron chi connectivity index (χ3n) is 6.82. The molecule has 2 aliphatic carbocycles. The van der Waals surface area contributed by atoms with Crippen LogP contribution in [0, 0.1) is 5.92 Å². The number of nitrogens with zero attached hydrogens (tertiary/aromatic N) is 1. The van der Waals surface area contributed by atoms with Gasteiger partial charge >= 0.3 is 12.1 Å². The predicted molar refractivity (Wildman–Crippen MR) is 110 cm³/mol. The second-order valence-corrected chi connectivity index (χ2v) is 8.65. The van der Waals surface area contributed by atoms with Crippen molar-refractivity contribution in [3.63, 3.8) is 0 Å². The molecule has 4 atom stereocenters. The Bertz CT molecular complexity index is 811. The van der Waals surface area contributed by atoms with Crippen molar-refractivity contribution >= 4 is 18.0 Å². The minimum Gasteiger partial charge on any atom is -0.431 e. The van der Waals surface area contributed by atoms with Gasteiger partial charge in [0.2, 0.25) is 6.29 Å². The number of hydrogen-bond acceptors (Lipinski definition) is 7. The number of carbonyl (C=O) groups is 3. The molecule has 3 fully saturated rings. The molecule has 0 aromatic rings. The number of fused-ring (bicyclic) bond motifs is 3. The van der Waals surface area contributed by atoms with Gasteiger partial charge in [-0.3, -0.25) is 9.69 Å². The van der Waals surface area contributed by atoms with Gasteiger partial charge in [0.1, 0.15) is 11.8 Å². The van der Waals surface area contributed by atoms with Crippen LogP contribution in [0.15, 0.2) is 22.9 Å². The predicted octanol–water partition coefficient (Wildman–Crippen LogP) is 3.60. The summed E-state index contributed by atoms with van der Waals surface area (Å²) in [6.45, 7) is 3.31. The molecule has 0 bridgehead atoms. The minimum absolute atomic E-state index is 0.0534. The van der Waals surface area contributed by atoms with Crippen molar-refractivity contribution in [3.8, 4) is 0 Å². The van der Waals surface area contributed by atoms with Gasteiger partial charge in [0.05, 0.1) is 12.1 Å². The van der Waals surface area contributed by atoms with E-state index in [4.69, 9.17) is 18.9 Å². The van der Waals surface area contributed by atoms with E-state index < -0.39 is 18.4 Å². The van der Waals surface area contributed by atoms with Crippen molar-refractivity contribution in [2.24, 2.45) is 5.92 Å². The first-order valence-corrected chi connectivity index (χ1v) is 11.3. The van der Waals surface area contributed by atoms with Crippen LogP contribution < -0.4 is 0 Å². The molecule has 1 saturated heterocycles. The van der Waals surface area contributed by atoms with Crippen molar-refractivity contribution in [3.05, 3.63) is 22.9 Å². The molecule has 0 aromatic heterocycles. The molecule has 0 aromatic carbocycles. The summed E-state index contributed by atoms with van der Waals surface area (Å²) < 4.78 is 21.5. The third-order valence-corrected chi connectivity index (χ3v) is 6.82. The molecule has 170 valence electrons. The Labute approximate surface area is 182 Å². The van der Waals surface area contributed by atoms with Crippen LogP contribution >= 0.6 is 0 Å². The summed E-state index contributed by atoms with van der Waals surface area (Å²) in [5, 5.41) is 0. The van der Waals surface area contributed by atoms with Crippen LogP contribution in [0.1, 0.15) is 65.2 Å². The van der Waals surface area contributed by atoms with E-state index in [0.29, 0.717) is 0 Å². The SMILES string of the molecule is C/C=C1/C(=O)N2C(C(=O)OC(C)OC(=O)OC3CCCCC3)=C3[C@@H](OC)CCC[C@@H]3C12. The number of ether oxygens (including phenoxy) is 4.